The van der Waals surface area contributed by atoms with E-state index < -0.39 is 12.0 Å². The minimum absolute atomic E-state index is 0.0403. The lowest BCUT2D eigenvalue weighted by Crippen LogP contribution is -2.33. The third-order valence-electron chi connectivity index (χ3n) is 4.92. The van der Waals surface area contributed by atoms with Gasteiger partial charge in [0.25, 0.3) is 0 Å². The van der Waals surface area contributed by atoms with Gasteiger partial charge in [-0.25, -0.2) is 4.79 Å². The summed E-state index contributed by atoms with van der Waals surface area (Å²) in [7, 11) is 4.28. The number of tetrazole rings is 1. The molecule has 2 heterocycles. The number of nitrogens with zero attached hydrogens (tertiary/aromatic N) is 4. The number of Topliss-reactive ketones (excluding diaryl/α,β-unsaturated/α-hetero) is 1. The zero-order chi connectivity index (χ0) is 22.0. The van der Waals surface area contributed by atoms with Gasteiger partial charge in [0.05, 0.1) is 26.9 Å². The Balaban J connectivity index is 1.99. The first kappa shape index (κ1) is 20.1. The number of carbonyl (C=O) groups is 2. The highest BCUT2D eigenvalue weighted by Crippen LogP contribution is 2.41. The van der Waals surface area contributed by atoms with Crippen LogP contribution in [0.2, 0.25) is 0 Å². The number of aromatic nitrogens is 4. The van der Waals surface area contributed by atoms with Gasteiger partial charge >= 0.3 is 5.97 Å². The third kappa shape index (κ3) is 3.48. The average Bonchev–Trinajstić information content (AvgIpc) is 3.30. The molecular weight excluding hydrogens is 402 g/mol. The minimum atomic E-state index is -0.853. The van der Waals surface area contributed by atoms with E-state index in [1.165, 1.54) is 26.0 Å². The number of ether oxygens (including phenoxy) is 3. The number of rotatable bonds is 6. The number of allylic oxidation sites excluding steroid dienone is 1. The smallest absolute Gasteiger partial charge is 0.355 e. The van der Waals surface area contributed by atoms with Crippen molar-refractivity contribution in [2.45, 2.75) is 6.04 Å². The first-order valence-electron chi connectivity index (χ1n) is 9.28. The van der Waals surface area contributed by atoms with Crippen molar-refractivity contribution in [2.24, 2.45) is 0 Å². The summed E-state index contributed by atoms with van der Waals surface area (Å²) in [5, 5.41) is 14.5. The molecule has 31 heavy (non-hydrogen) atoms. The monoisotopic (exact) mass is 421 g/mol. The van der Waals surface area contributed by atoms with E-state index in [1.807, 2.05) is 0 Å². The zero-order valence-corrected chi connectivity index (χ0v) is 17.0. The highest BCUT2D eigenvalue weighted by molar-refractivity contribution is 6.15. The lowest BCUT2D eigenvalue weighted by atomic mass is 9.89. The Bertz CT molecular complexity index is 1170. The molecule has 0 amide bonds. The molecule has 1 aliphatic heterocycles. The molecule has 0 spiro atoms. The lowest BCUT2D eigenvalue weighted by molar-refractivity contribution is -0.136. The van der Waals surface area contributed by atoms with Gasteiger partial charge in [0.1, 0.15) is 23.2 Å². The summed E-state index contributed by atoms with van der Waals surface area (Å²) < 4.78 is 17.2. The van der Waals surface area contributed by atoms with Crippen LogP contribution in [0.1, 0.15) is 22.0 Å². The molecule has 4 rings (SSSR count). The molecule has 158 valence electrons. The topological polar surface area (TPSA) is 117 Å². The number of carbonyl (C=O) groups excluding carboxylic acids is 2. The molecule has 10 nitrogen and oxygen atoms in total. The Morgan fingerprint density at radius 3 is 2.48 bits per heavy atom. The fourth-order valence-electron chi connectivity index (χ4n) is 3.47. The van der Waals surface area contributed by atoms with Gasteiger partial charge in [-0.3, -0.25) is 4.79 Å². The summed E-state index contributed by atoms with van der Waals surface area (Å²) >= 11 is 0. The number of anilines is 1. The molecule has 2 aromatic carbocycles. The Hall–Kier alpha value is -4.21. The van der Waals surface area contributed by atoms with E-state index in [-0.39, 0.29) is 23.0 Å². The second-order valence-corrected chi connectivity index (χ2v) is 6.56. The minimum Gasteiger partial charge on any atom is -0.497 e. The highest BCUT2D eigenvalue weighted by Gasteiger charge is 2.39. The molecule has 1 atom stereocenters. The van der Waals surface area contributed by atoms with E-state index in [0.29, 0.717) is 22.6 Å². The van der Waals surface area contributed by atoms with E-state index in [9.17, 15) is 9.59 Å². The molecule has 0 saturated heterocycles. The van der Waals surface area contributed by atoms with Gasteiger partial charge in [-0.2, -0.15) is 4.68 Å². The van der Waals surface area contributed by atoms with Crippen LogP contribution in [0, 0.1) is 0 Å². The first-order valence-corrected chi connectivity index (χ1v) is 9.28. The number of nitrogens with one attached hydrogen (secondary N) is 1. The van der Waals surface area contributed by atoms with Crippen molar-refractivity contribution in [3.05, 3.63) is 70.9 Å². The van der Waals surface area contributed by atoms with E-state index in [0.717, 1.165) is 0 Å². The molecule has 0 fully saturated rings. The predicted octanol–water partition coefficient (Wildman–Crippen LogP) is 2.02. The van der Waals surface area contributed by atoms with Gasteiger partial charge < -0.3 is 19.5 Å². The summed E-state index contributed by atoms with van der Waals surface area (Å²) in [5.74, 6) is 0.103. The third-order valence-corrected chi connectivity index (χ3v) is 4.92. The first-order chi connectivity index (χ1) is 15.1. The second kappa shape index (κ2) is 8.27. The van der Waals surface area contributed by atoms with Gasteiger partial charge in [0, 0.05) is 17.2 Å². The number of methoxy groups -OCH3 is 3. The standard InChI is InChI=1S/C21H19N5O5/c1-29-13-9-10-14(15(11-13)30-2)18-16(19(27)12-7-5-4-6-8-12)17(20(28)31-3)22-21-23-24-25-26(18)21/h4-11,18H,1-3H3,(H,22,23,25)/t18-/m1/s1. The fourth-order valence-corrected chi connectivity index (χ4v) is 3.47. The van der Waals surface area contributed by atoms with E-state index >= 15 is 0 Å². The van der Waals surface area contributed by atoms with Crippen LogP contribution in [0.5, 0.6) is 11.5 Å². The zero-order valence-electron chi connectivity index (χ0n) is 17.0. The SMILES string of the molecule is COC(=O)C1=C(C(=O)c2ccccc2)[C@@H](c2ccc(OC)cc2OC)n2nnnc2N1. The van der Waals surface area contributed by atoms with Crippen LogP contribution < -0.4 is 14.8 Å². The van der Waals surface area contributed by atoms with Gasteiger partial charge in [-0.1, -0.05) is 35.4 Å². The Morgan fingerprint density at radius 1 is 1.03 bits per heavy atom. The van der Waals surface area contributed by atoms with Crippen LogP contribution in [0.4, 0.5) is 5.95 Å². The highest BCUT2D eigenvalue weighted by atomic mass is 16.5. The maximum absolute atomic E-state index is 13.6. The number of hydrogen-bond acceptors (Lipinski definition) is 9. The van der Waals surface area contributed by atoms with Gasteiger partial charge in [0.15, 0.2) is 5.78 Å². The molecule has 0 saturated carbocycles. The summed E-state index contributed by atoms with van der Waals surface area (Å²) in [6.45, 7) is 0. The fraction of sp³-hybridized carbons (Fsp3) is 0.190. The van der Waals surface area contributed by atoms with Gasteiger partial charge in [0.2, 0.25) is 5.95 Å². The van der Waals surface area contributed by atoms with Gasteiger partial charge in [-0.05, 0) is 22.6 Å². The number of fused-ring (bicyclic) bond motifs is 1. The van der Waals surface area contributed by atoms with Crippen molar-refractivity contribution in [3.63, 3.8) is 0 Å². The van der Waals surface area contributed by atoms with Crippen molar-refractivity contribution in [1.29, 1.82) is 0 Å². The molecule has 0 radical (unpaired) electrons. The van der Waals surface area contributed by atoms with Crippen molar-refractivity contribution < 1.29 is 23.8 Å². The molecule has 1 aliphatic rings. The molecule has 1 aromatic heterocycles. The largest absolute Gasteiger partial charge is 0.497 e. The van der Waals surface area contributed by atoms with Gasteiger partial charge in [-0.15, -0.1) is 0 Å². The molecule has 0 unspecified atom stereocenters. The molecule has 1 N–H and O–H groups in total. The molecule has 0 aliphatic carbocycles. The number of ketones is 1. The lowest BCUT2D eigenvalue weighted by Gasteiger charge is -2.29. The molecule has 0 bridgehead atoms. The number of esters is 1. The van der Waals surface area contributed by atoms with Crippen LogP contribution >= 0.6 is 0 Å². The van der Waals surface area contributed by atoms with E-state index in [2.05, 4.69) is 20.8 Å². The summed E-state index contributed by atoms with van der Waals surface area (Å²) in [4.78, 5) is 26.3. The van der Waals surface area contributed by atoms with E-state index in [1.54, 1.807) is 48.5 Å². The second-order valence-electron chi connectivity index (χ2n) is 6.56. The molecule has 10 heteroatoms. The van der Waals surface area contributed by atoms with Crippen LogP contribution in [0.25, 0.3) is 0 Å². The van der Waals surface area contributed by atoms with Crippen LogP contribution in [0.3, 0.4) is 0 Å². The Kier molecular flexibility index (Phi) is 5.35. The van der Waals surface area contributed by atoms with Crippen molar-refractivity contribution in [1.82, 2.24) is 20.2 Å². The van der Waals surface area contributed by atoms with Crippen LogP contribution in [0.15, 0.2) is 59.8 Å². The molecular formula is C21H19N5O5. The van der Waals surface area contributed by atoms with Crippen LogP contribution in [-0.2, 0) is 9.53 Å². The van der Waals surface area contributed by atoms with Crippen molar-refractivity contribution in [3.8, 4) is 11.5 Å². The summed E-state index contributed by atoms with van der Waals surface area (Å²) in [6.07, 6.45) is 0. The number of benzene rings is 2. The Labute approximate surface area is 177 Å². The van der Waals surface area contributed by atoms with Crippen molar-refractivity contribution >= 4 is 17.7 Å². The van der Waals surface area contributed by atoms with Crippen molar-refractivity contribution in [2.75, 3.05) is 26.6 Å². The Morgan fingerprint density at radius 2 is 1.81 bits per heavy atom. The quantitative estimate of drug-likeness (QED) is 0.471. The summed E-state index contributed by atoms with van der Waals surface area (Å²) in [6, 6.07) is 12.9. The average molecular weight is 421 g/mol. The maximum atomic E-state index is 13.6. The summed E-state index contributed by atoms with van der Waals surface area (Å²) in [5.41, 5.74) is 1.05. The number of hydrogen-bond donors (Lipinski definition) is 1. The maximum Gasteiger partial charge on any atom is 0.355 e. The normalized spacial score (nSPS) is 15.0. The molecule has 3 aromatic rings. The van der Waals surface area contributed by atoms with Crippen LogP contribution in [-0.4, -0.2) is 53.3 Å². The predicted molar refractivity (Wildman–Crippen MR) is 109 cm³/mol. The van der Waals surface area contributed by atoms with E-state index in [4.69, 9.17) is 14.2 Å².